The highest BCUT2D eigenvalue weighted by atomic mass is 79.9. The van der Waals surface area contributed by atoms with Gasteiger partial charge in [0, 0.05) is 5.02 Å². The molecule has 0 spiro atoms. The molecule has 5 heteroatoms. The van der Waals surface area contributed by atoms with Gasteiger partial charge < -0.3 is 0 Å². The minimum atomic E-state index is 0. The molecule has 3 nitrogen and oxygen atoms in total. The lowest BCUT2D eigenvalue weighted by atomic mass is 10.1. The number of hydrogen-bond acceptors (Lipinski definition) is 2. The standard InChI is InChI=1S/C10H12ClN3.BrH/c1-14-9(6-13-10(14)12)7-2-4-8(11)5-3-7;/h2-5,9H,6H2,1H3,(H2,12,13);1H/p+1. The van der Waals surface area contributed by atoms with Gasteiger partial charge in [0.2, 0.25) is 0 Å². The molecule has 0 amide bonds. The van der Waals surface area contributed by atoms with Gasteiger partial charge in [0.15, 0.2) is 0 Å². The molecule has 2 rings (SSSR count). The Morgan fingerprint density at radius 3 is 2.47 bits per heavy atom. The number of nitrogens with one attached hydrogen (secondary N) is 1. The summed E-state index contributed by atoms with van der Waals surface area (Å²) in [5.74, 6) is 0.727. The van der Waals surface area contributed by atoms with Gasteiger partial charge in [0.1, 0.15) is 12.6 Å². The number of benzene rings is 1. The Balaban J connectivity index is 0.00000112. The van der Waals surface area contributed by atoms with Crippen LogP contribution in [0.25, 0.3) is 0 Å². The quantitative estimate of drug-likeness (QED) is 0.770. The van der Waals surface area contributed by atoms with Crippen LogP contribution in [0, 0.1) is 0 Å². The molecule has 0 fully saturated rings. The summed E-state index contributed by atoms with van der Waals surface area (Å²) in [6, 6.07) is 8.18. The Kier molecular flexibility index (Phi) is 3.99. The first kappa shape index (κ1) is 12.3. The number of nitrogens with zero attached hydrogens (tertiary/aromatic N) is 1. The molecular weight excluding hydrogens is 277 g/mol. The van der Waals surface area contributed by atoms with Crippen LogP contribution >= 0.6 is 28.6 Å². The smallest absolute Gasteiger partial charge is 0.291 e. The van der Waals surface area contributed by atoms with Crippen molar-refractivity contribution in [2.75, 3.05) is 13.6 Å². The Bertz CT molecular complexity index is 375. The normalized spacial score (nSPS) is 19.7. The summed E-state index contributed by atoms with van der Waals surface area (Å²) in [7, 11) is 1.98. The van der Waals surface area contributed by atoms with E-state index in [4.69, 9.17) is 17.3 Å². The van der Waals surface area contributed by atoms with Crippen molar-refractivity contribution in [1.82, 2.24) is 5.32 Å². The van der Waals surface area contributed by atoms with E-state index in [0.29, 0.717) is 6.04 Å². The number of likely N-dealkylation sites (N-methyl/N-ethyl adjacent to an activating group) is 1. The number of halogens is 2. The van der Waals surface area contributed by atoms with Gasteiger partial charge in [-0.1, -0.05) is 23.7 Å². The van der Waals surface area contributed by atoms with Crippen LogP contribution in [0.2, 0.25) is 5.02 Å². The molecule has 0 radical (unpaired) electrons. The number of guanidine groups is 1. The second-order valence-electron chi connectivity index (χ2n) is 3.44. The van der Waals surface area contributed by atoms with Crippen molar-refractivity contribution in [2.24, 2.45) is 5.73 Å². The van der Waals surface area contributed by atoms with Gasteiger partial charge in [0.25, 0.3) is 0 Å². The third kappa shape index (κ3) is 2.44. The van der Waals surface area contributed by atoms with Gasteiger partial charge in [-0.2, -0.15) is 0 Å². The van der Waals surface area contributed by atoms with Gasteiger partial charge in [-0.15, -0.1) is 17.0 Å². The molecule has 1 atom stereocenters. The first-order valence-electron chi connectivity index (χ1n) is 4.53. The highest BCUT2D eigenvalue weighted by Crippen LogP contribution is 2.20. The fourth-order valence-electron chi connectivity index (χ4n) is 1.66. The molecule has 1 aliphatic heterocycles. The fraction of sp³-hybridized carbons (Fsp3) is 0.300. The number of rotatable bonds is 1. The summed E-state index contributed by atoms with van der Waals surface area (Å²) in [4.78, 5) is 0. The molecular formula is C10H14BrClN3+. The molecule has 1 aliphatic rings. The maximum Gasteiger partial charge on any atom is 0.343 e. The van der Waals surface area contributed by atoms with Crippen LogP contribution in [0.15, 0.2) is 24.3 Å². The summed E-state index contributed by atoms with van der Waals surface area (Å²) in [6.45, 7) is 0.851. The minimum Gasteiger partial charge on any atom is -0.291 e. The topological polar surface area (TPSA) is 41.1 Å². The number of hydrogen-bond donors (Lipinski definition) is 2. The van der Waals surface area contributed by atoms with Gasteiger partial charge in [-0.25, -0.2) is 0 Å². The van der Waals surface area contributed by atoms with E-state index in [-0.39, 0.29) is 17.0 Å². The monoisotopic (exact) mass is 290 g/mol. The lowest BCUT2D eigenvalue weighted by Gasteiger charge is -2.09. The average molecular weight is 292 g/mol. The molecule has 82 valence electrons. The predicted octanol–water partition coefficient (Wildman–Crippen LogP) is 1.52. The maximum absolute atomic E-state index is 5.82. The van der Waals surface area contributed by atoms with Crippen molar-refractivity contribution in [3.05, 3.63) is 34.9 Å². The van der Waals surface area contributed by atoms with Gasteiger partial charge in [-0.05, 0) is 17.7 Å². The van der Waals surface area contributed by atoms with Crippen LogP contribution in [-0.2, 0) is 0 Å². The van der Waals surface area contributed by atoms with E-state index in [2.05, 4.69) is 5.32 Å². The molecule has 0 saturated heterocycles. The molecule has 0 bridgehead atoms. The zero-order chi connectivity index (χ0) is 10.1. The van der Waals surface area contributed by atoms with Crippen molar-refractivity contribution in [1.29, 1.82) is 0 Å². The predicted molar refractivity (Wildman–Crippen MR) is 67.9 cm³/mol. The van der Waals surface area contributed by atoms with E-state index in [1.54, 1.807) is 0 Å². The lowest BCUT2D eigenvalue weighted by molar-refractivity contribution is -0.533. The zero-order valence-electron chi connectivity index (χ0n) is 8.40. The first-order chi connectivity index (χ1) is 6.68. The Hall–Kier alpha value is -0.740. The third-order valence-corrected chi connectivity index (χ3v) is 2.83. The molecule has 1 heterocycles. The van der Waals surface area contributed by atoms with E-state index in [1.807, 2.05) is 35.9 Å². The maximum atomic E-state index is 5.82. The summed E-state index contributed by atoms with van der Waals surface area (Å²) in [6.07, 6.45) is 0. The van der Waals surface area contributed by atoms with E-state index in [1.165, 1.54) is 5.56 Å². The second-order valence-corrected chi connectivity index (χ2v) is 3.88. The van der Waals surface area contributed by atoms with Gasteiger partial charge in [0.05, 0.1) is 7.05 Å². The summed E-state index contributed by atoms with van der Waals surface area (Å²) in [5.41, 5.74) is 6.97. The zero-order valence-corrected chi connectivity index (χ0v) is 10.9. The van der Waals surface area contributed by atoms with Crippen LogP contribution in [0.1, 0.15) is 11.6 Å². The Morgan fingerprint density at radius 2 is 2.00 bits per heavy atom. The van der Waals surface area contributed by atoms with E-state index in [0.717, 1.165) is 17.5 Å². The van der Waals surface area contributed by atoms with Crippen molar-refractivity contribution < 1.29 is 4.58 Å². The SMILES string of the molecule is Br.C[N+]1=C(N)NCC1c1ccc(Cl)cc1. The second kappa shape index (κ2) is 4.86. The fourth-order valence-corrected chi connectivity index (χ4v) is 1.78. The van der Waals surface area contributed by atoms with Crippen molar-refractivity contribution in [3.8, 4) is 0 Å². The van der Waals surface area contributed by atoms with E-state index < -0.39 is 0 Å². The Labute approximate surface area is 105 Å². The van der Waals surface area contributed by atoms with Gasteiger partial charge in [-0.3, -0.25) is 15.6 Å². The molecule has 0 saturated carbocycles. The number of nitrogens with two attached hydrogens (primary N) is 1. The lowest BCUT2D eigenvalue weighted by Crippen LogP contribution is -2.30. The van der Waals surface area contributed by atoms with Crippen LogP contribution in [0.5, 0.6) is 0 Å². The first-order valence-corrected chi connectivity index (χ1v) is 4.91. The molecule has 1 aromatic carbocycles. The van der Waals surface area contributed by atoms with Crippen LogP contribution in [0.4, 0.5) is 0 Å². The van der Waals surface area contributed by atoms with E-state index in [9.17, 15) is 0 Å². The minimum absolute atomic E-state index is 0. The van der Waals surface area contributed by atoms with E-state index >= 15 is 0 Å². The van der Waals surface area contributed by atoms with Crippen molar-refractivity contribution in [3.63, 3.8) is 0 Å². The van der Waals surface area contributed by atoms with Crippen molar-refractivity contribution in [2.45, 2.75) is 6.04 Å². The molecule has 15 heavy (non-hydrogen) atoms. The highest BCUT2D eigenvalue weighted by Gasteiger charge is 2.26. The summed E-state index contributed by atoms with van der Waals surface area (Å²) >= 11 is 5.82. The molecule has 0 aliphatic carbocycles. The Morgan fingerprint density at radius 1 is 1.40 bits per heavy atom. The highest BCUT2D eigenvalue weighted by molar-refractivity contribution is 8.93. The molecule has 0 aromatic heterocycles. The van der Waals surface area contributed by atoms with Gasteiger partial charge >= 0.3 is 5.96 Å². The third-order valence-electron chi connectivity index (χ3n) is 2.58. The molecule has 1 aromatic rings. The van der Waals surface area contributed by atoms with Crippen molar-refractivity contribution >= 4 is 34.5 Å². The average Bonchev–Trinajstić information content (AvgIpc) is 2.50. The van der Waals surface area contributed by atoms with Crippen LogP contribution < -0.4 is 11.1 Å². The molecule has 1 unspecified atom stereocenters. The van der Waals surface area contributed by atoms with Crippen LogP contribution in [-0.4, -0.2) is 24.1 Å². The summed E-state index contributed by atoms with van der Waals surface area (Å²) in [5, 5.41) is 3.88. The molecule has 3 N–H and O–H groups in total. The van der Waals surface area contributed by atoms with Crippen LogP contribution in [0.3, 0.4) is 0 Å². The largest absolute Gasteiger partial charge is 0.343 e. The summed E-state index contributed by atoms with van der Waals surface area (Å²) < 4.78 is 2.03.